The predicted octanol–water partition coefficient (Wildman–Crippen LogP) is 1.78. The maximum absolute atomic E-state index is 5.50. The highest BCUT2D eigenvalue weighted by atomic mass is 15.2. The quantitative estimate of drug-likeness (QED) is 0.785. The summed E-state index contributed by atoms with van der Waals surface area (Å²) in [4.78, 5) is 11.1. The molecule has 2 rings (SSSR count). The van der Waals surface area contributed by atoms with Crippen LogP contribution in [-0.4, -0.2) is 36.6 Å². The van der Waals surface area contributed by atoms with E-state index in [2.05, 4.69) is 27.2 Å². The lowest BCUT2D eigenvalue weighted by atomic mass is 9.83. The Hall–Kier alpha value is -1.36. The average molecular weight is 263 g/mol. The number of aryl methyl sites for hydroxylation is 1. The molecule has 0 saturated heterocycles. The van der Waals surface area contributed by atoms with Gasteiger partial charge in [-0.2, -0.15) is 0 Å². The van der Waals surface area contributed by atoms with E-state index in [1.54, 1.807) is 0 Å². The molecule has 1 saturated carbocycles. The number of hydrogen-bond donors (Lipinski definition) is 2. The van der Waals surface area contributed by atoms with Crippen LogP contribution in [0.1, 0.15) is 31.5 Å². The standard InChI is InChI=1S/C14H25N5/c1-11-17-13(16-8-7-15)10-14(18-11)19(2)9-6-12-4-3-5-12/h10,12H,3-9,15H2,1-2H3,(H,16,17,18). The second-order valence-electron chi connectivity index (χ2n) is 5.38. The van der Waals surface area contributed by atoms with Gasteiger partial charge in [-0.1, -0.05) is 19.3 Å². The van der Waals surface area contributed by atoms with Crippen LogP contribution in [0, 0.1) is 12.8 Å². The second-order valence-corrected chi connectivity index (χ2v) is 5.38. The highest BCUT2D eigenvalue weighted by Gasteiger charge is 2.18. The Labute approximate surface area is 115 Å². The minimum absolute atomic E-state index is 0.607. The molecule has 0 bridgehead atoms. The molecule has 1 aromatic heterocycles. The molecular formula is C14H25N5. The summed E-state index contributed by atoms with van der Waals surface area (Å²) in [7, 11) is 2.10. The van der Waals surface area contributed by atoms with Gasteiger partial charge in [0.05, 0.1) is 0 Å². The lowest BCUT2D eigenvalue weighted by molar-refractivity contribution is 0.299. The molecule has 3 N–H and O–H groups in total. The van der Waals surface area contributed by atoms with Crippen LogP contribution in [0.2, 0.25) is 0 Å². The van der Waals surface area contributed by atoms with Crippen molar-refractivity contribution in [3.63, 3.8) is 0 Å². The fourth-order valence-corrected chi connectivity index (χ4v) is 2.31. The number of hydrogen-bond acceptors (Lipinski definition) is 5. The highest BCUT2D eigenvalue weighted by molar-refractivity contribution is 5.48. The lowest BCUT2D eigenvalue weighted by Gasteiger charge is -2.28. The van der Waals surface area contributed by atoms with Crippen LogP contribution in [0.15, 0.2) is 6.07 Å². The third kappa shape index (κ3) is 4.06. The maximum atomic E-state index is 5.50. The first kappa shape index (κ1) is 14.1. The molecule has 1 aromatic rings. The molecule has 5 nitrogen and oxygen atoms in total. The molecule has 1 heterocycles. The van der Waals surface area contributed by atoms with Crippen molar-refractivity contribution in [3.8, 4) is 0 Å². The van der Waals surface area contributed by atoms with Crippen molar-refractivity contribution in [1.82, 2.24) is 9.97 Å². The Bertz CT molecular complexity index is 403. The van der Waals surface area contributed by atoms with Crippen molar-refractivity contribution in [1.29, 1.82) is 0 Å². The minimum atomic E-state index is 0.607. The Morgan fingerprint density at radius 2 is 2.21 bits per heavy atom. The summed E-state index contributed by atoms with van der Waals surface area (Å²) in [5.41, 5.74) is 5.50. The molecule has 106 valence electrons. The molecule has 1 aliphatic rings. The van der Waals surface area contributed by atoms with E-state index in [9.17, 15) is 0 Å². The molecule has 1 aliphatic carbocycles. The molecule has 5 heteroatoms. The molecule has 0 atom stereocenters. The van der Waals surface area contributed by atoms with Gasteiger partial charge in [0.25, 0.3) is 0 Å². The largest absolute Gasteiger partial charge is 0.369 e. The zero-order valence-corrected chi connectivity index (χ0v) is 12.0. The van der Waals surface area contributed by atoms with Gasteiger partial charge in [0.15, 0.2) is 0 Å². The summed E-state index contributed by atoms with van der Waals surface area (Å²) in [6, 6.07) is 2.00. The van der Waals surface area contributed by atoms with E-state index >= 15 is 0 Å². The van der Waals surface area contributed by atoms with Crippen LogP contribution >= 0.6 is 0 Å². The first-order valence-electron chi connectivity index (χ1n) is 7.20. The van der Waals surface area contributed by atoms with E-state index in [-0.39, 0.29) is 0 Å². The second kappa shape index (κ2) is 6.70. The van der Waals surface area contributed by atoms with Gasteiger partial charge in [0, 0.05) is 32.7 Å². The maximum Gasteiger partial charge on any atom is 0.134 e. The van der Waals surface area contributed by atoms with Crippen molar-refractivity contribution in [2.75, 3.05) is 36.9 Å². The topological polar surface area (TPSA) is 67.1 Å². The third-order valence-corrected chi connectivity index (χ3v) is 3.76. The van der Waals surface area contributed by atoms with Crippen molar-refractivity contribution < 1.29 is 0 Å². The Morgan fingerprint density at radius 1 is 1.42 bits per heavy atom. The van der Waals surface area contributed by atoms with Gasteiger partial charge in [-0.15, -0.1) is 0 Å². The van der Waals surface area contributed by atoms with E-state index in [1.165, 1.54) is 25.7 Å². The number of anilines is 2. The molecule has 0 aliphatic heterocycles. The monoisotopic (exact) mass is 263 g/mol. The molecule has 0 unspecified atom stereocenters. The van der Waals surface area contributed by atoms with Crippen molar-refractivity contribution >= 4 is 11.6 Å². The molecule has 0 radical (unpaired) electrons. The Morgan fingerprint density at radius 3 is 2.84 bits per heavy atom. The first-order chi connectivity index (χ1) is 9.19. The van der Waals surface area contributed by atoms with Gasteiger partial charge in [0.1, 0.15) is 17.5 Å². The van der Waals surface area contributed by atoms with E-state index in [0.717, 1.165) is 36.5 Å². The van der Waals surface area contributed by atoms with Crippen LogP contribution in [0.3, 0.4) is 0 Å². The van der Waals surface area contributed by atoms with Crippen molar-refractivity contribution in [3.05, 3.63) is 11.9 Å². The molecule has 19 heavy (non-hydrogen) atoms. The summed E-state index contributed by atoms with van der Waals surface area (Å²) in [6.07, 6.45) is 5.49. The summed E-state index contributed by atoms with van der Waals surface area (Å²) in [6.45, 7) is 4.34. The summed E-state index contributed by atoms with van der Waals surface area (Å²) < 4.78 is 0. The number of aromatic nitrogens is 2. The predicted molar refractivity (Wildman–Crippen MR) is 79.5 cm³/mol. The fraction of sp³-hybridized carbons (Fsp3) is 0.714. The van der Waals surface area contributed by atoms with Gasteiger partial charge in [-0.25, -0.2) is 9.97 Å². The van der Waals surface area contributed by atoms with Gasteiger partial charge in [-0.3, -0.25) is 0 Å². The number of nitrogens with one attached hydrogen (secondary N) is 1. The zero-order chi connectivity index (χ0) is 13.7. The van der Waals surface area contributed by atoms with Crippen LogP contribution < -0.4 is 16.0 Å². The van der Waals surface area contributed by atoms with Gasteiger partial charge < -0.3 is 16.0 Å². The first-order valence-corrected chi connectivity index (χ1v) is 7.20. The number of nitrogens with zero attached hydrogens (tertiary/aromatic N) is 3. The number of nitrogens with two attached hydrogens (primary N) is 1. The summed E-state index contributed by atoms with van der Waals surface area (Å²) >= 11 is 0. The fourth-order valence-electron chi connectivity index (χ4n) is 2.31. The molecule has 0 aromatic carbocycles. The lowest BCUT2D eigenvalue weighted by Crippen LogP contribution is -2.25. The van der Waals surface area contributed by atoms with Crippen molar-refractivity contribution in [2.24, 2.45) is 11.7 Å². The average Bonchev–Trinajstić information content (AvgIpc) is 2.33. The minimum Gasteiger partial charge on any atom is -0.369 e. The number of rotatable bonds is 7. The SMILES string of the molecule is Cc1nc(NCCN)cc(N(C)CCC2CCC2)n1. The summed E-state index contributed by atoms with van der Waals surface area (Å²) in [5, 5.41) is 3.21. The van der Waals surface area contributed by atoms with E-state index in [4.69, 9.17) is 5.73 Å². The molecular weight excluding hydrogens is 238 g/mol. The third-order valence-electron chi connectivity index (χ3n) is 3.76. The van der Waals surface area contributed by atoms with Crippen LogP contribution in [-0.2, 0) is 0 Å². The zero-order valence-electron chi connectivity index (χ0n) is 12.0. The Kier molecular flexibility index (Phi) is 4.96. The normalized spacial score (nSPS) is 15.1. The van der Waals surface area contributed by atoms with Gasteiger partial charge >= 0.3 is 0 Å². The van der Waals surface area contributed by atoms with Crippen LogP contribution in [0.4, 0.5) is 11.6 Å². The Balaban J connectivity index is 1.94. The van der Waals surface area contributed by atoms with E-state index in [0.29, 0.717) is 6.54 Å². The van der Waals surface area contributed by atoms with Gasteiger partial charge in [0.2, 0.25) is 0 Å². The molecule has 0 spiro atoms. The van der Waals surface area contributed by atoms with Crippen molar-refractivity contribution in [2.45, 2.75) is 32.6 Å². The van der Waals surface area contributed by atoms with Crippen LogP contribution in [0.25, 0.3) is 0 Å². The highest BCUT2D eigenvalue weighted by Crippen LogP contribution is 2.29. The van der Waals surface area contributed by atoms with E-state index < -0.39 is 0 Å². The molecule has 1 fully saturated rings. The van der Waals surface area contributed by atoms with Crippen LogP contribution in [0.5, 0.6) is 0 Å². The summed E-state index contributed by atoms with van der Waals surface area (Å²) in [5.74, 6) is 3.59. The van der Waals surface area contributed by atoms with E-state index in [1.807, 2.05) is 13.0 Å². The molecule has 0 amide bonds. The smallest absolute Gasteiger partial charge is 0.134 e. The van der Waals surface area contributed by atoms with Gasteiger partial charge in [-0.05, 0) is 19.3 Å².